The predicted octanol–water partition coefficient (Wildman–Crippen LogP) is 3.81. The van der Waals surface area contributed by atoms with Crippen LogP contribution in [0.1, 0.15) is 18.2 Å². The number of nitrogens with two attached hydrogens (primary N) is 1. The van der Waals surface area contributed by atoms with Gasteiger partial charge in [0, 0.05) is 11.1 Å². The molecule has 0 saturated heterocycles. The highest BCUT2D eigenvalue weighted by Gasteiger charge is 2.34. The summed E-state index contributed by atoms with van der Waals surface area (Å²) >= 11 is 0. The van der Waals surface area contributed by atoms with E-state index in [1.807, 2.05) is 0 Å². The topological polar surface area (TPSA) is 93.8 Å². The van der Waals surface area contributed by atoms with Crippen molar-refractivity contribution in [3.8, 4) is 0 Å². The van der Waals surface area contributed by atoms with Crippen LogP contribution in [-0.2, 0) is 11.0 Å². The molecule has 28 heavy (non-hydrogen) atoms. The van der Waals surface area contributed by atoms with Crippen molar-refractivity contribution in [3.63, 3.8) is 0 Å². The number of benzene rings is 1. The molecule has 2 aromatic heterocycles. The zero-order chi connectivity index (χ0) is 20.5. The number of hydrogen-bond donors (Lipinski definition) is 2. The molecule has 3 rings (SSSR count). The number of alkyl halides is 3. The zero-order valence-electron chi connectivity index (χ0n) is 14.4. The van der Waals surface area contributed by atoms with Gasteiger partial charge in [0.25, 0.3) is 5.91 Å². The number of hydrogen-bond acceptors (Lipinski definition) is 5. The second-order valence-electron chi connectivity index (χ2n) is 5.69. The number of fused-ring (bicyclic) bond motifs is 1. The highest BCUT2D eigenvalue weighted by Crippen LogP contribution is 2.34. The molecular formula is C18H13F4N5O. The average Bonchev–Trinajstić information content (AvgIpc) is 2.63. The summed E-state index contributed by atoms with van der Waals surface area (Å²) in [4.78, 5) is 23.7. The van der Waals surface area contributed by atoms with Crippen molar-refractivity contribution < 1.29 is 22.4 Å². The Bertz CT molecular complexity index is 1100. The summed E-state index contributed by atoms with van der Waals surface area (Å²) in [6.07, 6.45) is -0.765. The Labute approximate surface area is 156 Å². The van der Waals surface area contributed by atoms with Gasteiger partial charge < -0.3 is 11.1 Å². The van der Waals surface area contributed by atoms with E-state index in [1.165, 1.54) is 24.7 Å². The minimum absolute atomic E-state index is 0.0201. The van der Waals surface area contributed by atoms with Gasteiger partial charge in [-0.05, 0) is 31.2 Å². The lowest BCUT2D eigenvalue weighted by molar-refractivity contribution is -0.139. The molecule has 0 aliphatic carbocycles. The van der Waals surface area contributed by atoms with Crippen LogP contribution in [0.5, 0.6) is 0 Å². The second-order valence-corrected chi connectivity index (χ2v) is 5.69. The molecule has 0 aliphatic rings. The largest absolute Gasteiger partial charge is 0.419 e. The minimum atomic E-state index is -4.84. The maximum atomic E-state index is 13.5. The van der Waals surface area contributed by atoms with Crippen LogP contribution in [0.15, 0.2) is 42.9 Å². The van der Waals surface area contributed by atoms with Crippen LogP contribution in [0.3, 0.4) is 0 Å². The molecule has 0 saturated carbocycles. The smallest absolute Gasteiger partial charge is 0.366 e. The highest BCUT2D eigenvalue weighted by atomic mass is 19.4. The van der Waals surface area contributed by atoms with E-state index in [0.29, 0.717) is 23.0 Å². The summed E-state index contributed by atoms with van der Waals surface area (Å²) in [5, 5.41) is 3.11. The van der Waals surface area contributed by atoms with Crippen molar-refractivity contribution in [2.45, 2.75) is 13.1 Å². The maximum absolute atomic E-state index is 13.5. The first-order chi connectivity index (χ1) is 13.2. The van der Waals surface area contributed by atoms with Crippen molar-refractivity contribution in [1.29, 1.82) is 0 Å². The number of nitrogens with zero attached hydrogens (tertiary/aromatic N) is 3. The molecule has 1 aromatic carbocycles. The van der Waals surface area contributed by atoms with Gasteiger partial charge in [-0.1, -0.05) is 6.08 Å². The molecule has 0 fully saturated rings. The fourth-order valence-electron chi connectivity index (χ4n) is 2.58. The summed E-state index contributed by atoms with van der Waals surface area (Å²) in [6, 6.07) is 4.01. The molecule has 0 radical (unpaired) electrons. The number of anilines is 2. The number of nitrogens with one attached hydrogen (secondary N) is 1. The highest BCUT2D eigenvalue weighted by molar-refractivity contribution is 6.18. The molecule has 3 aromatic rings. The first-order valence-electron chi connectivity index (χ1n) is 7.91. The summed E-state index contributed by atoms with van der Waals surface area (Å²) in [6.45, 7) is 1.61. The number of allylic oxidation sites excluding steroid dienone is 1. The Morgan fingerprint density at radius 2 is 1.93 bits per heavy atom. The van der Waals surface area contributed by atoms with Gasteiger partial charge in [0.05, 0.1) is 28.5 Å². The Morgan fingerprint density at radius 1 is 1.18 bits per heavy atom. The van der Waals surface area contributed by atoms with E-state index in [1.54, 1.807) is 6.92 Å². The summed E-state index contributed by atoms with van der Waals surface area (Å²) < 4.78 is 52.3. The molecule has 6 nitrogen and oxygen atoms in total. The van der Waals surface area contributed by atoms with Crippen molar-refractivity contribution in [3.05, 3.63) is 59.9 Å². The van der Waals surface area contributed by atoms with Gasteiger partial charge in [0.2, 0.25) is 0 Å². The zero-order valence-corrected chi connectivity index (χ0v) is 14.4. The normalized spacial score (nSPS) is 12.2. The monoisotopic (exact) mass is 391 g/mol. The number of amides is 1. The standard InChI is InChI=1S/C18H13F4N5O/c1-2-10(16(23)28)14-6-11-15(7-24-14)25-8-26-17(11)27-9-3-4-13(19)12(5-9)18(20,21)22/h2-8H,1H3,(H2,23,28)(H,25,26,27). The fraction of sp³-hybridized carbons (Fsp3) is 0.111. The number of pyridine rings is 1. The predicted molar refractivity (Wildman–Crippen MR) is 94.9 cm³/mol. The maximum Gasteiger partial charge on any atom is 0.419 e. The lowest BCUT2D eigenvalue weighted by Gasteiger charge is -2.13. The number of carbonyl (C=O) groups excluding carboxylic acids is 1. The lowest BCUT2D eigenvalue weighted by Crippen LogP contribution is -2.13. The van der Waals surface area contributed by atoms with Crippen molar-refractivity contribution in [1.82, 2.24) is 15.0 Å². The molecule has 0 unspecified atom stereocenters. The van der Waals surface area contributed by atoms with Crippen LogP contribution in [-0.4, -0.2) is 20.9 Å². The molecule has 10 heteroatoms. The SMILES string of the molecule is CC=C(C(N)=O)c1cc2c(Nc3ccc(F)c(C(F)(F)F)c3)ncnc2cn1. The van der Waals surface area contributed by atoms with Crippen LogP contribution in [0.4, 0.5) is 29.1 Å². The van der Waals surface area contributed by atoms with E-state index in [2.05, 4.69) is 20.3 Å². The molecule has 0 aliphatic heterocycles. The number of rotatable bonds is 4. The molecular weight excluding hydrogens is 378 g/mol. The Morgan fingerprint density at radius 3 is 2.57 bits per heavy atom. The Hall–Kier alpha value is -3.56. The van der Waals surface area contributed by atoms with E-state index < -0.39 is 23.5 Å². The molecule has 144 valence electrons. The third kappa shape index (κ3) is 3.75. The number of aromatic nitrogens is 3. The first-order valence-corrected chi connectivity index (χ1v) is 7.91. The minimum Gasteiger partial charge on any atom is -0.366 e. The van der Waals surface area contributed by atoms with E-state index >= 15 is 0 Å². The van der Waals surface area contributed by atoms with Gasteiger partial charge in [-0.3, -0.25) is 9.78 Å². The lowest BCUT2D eigenvalue weighted by atomic mass is 10.1. The summed E-state index contributed by atoms with van der Waals surface area (Å²) in [5.74, 6) is -1.90. The summed E-state index contributed by atoms with van der Waals surface area (Å²) in [7, 11) is 0. The van der Waals surface area contributed by atoms with Gasteiger partial charge in [-0.15, -0.1) is 0 Å². The Kier molecular flexibility index (Phi) is 4.95. The van der Waals surface area contributed by atoms with Crippen LogP contribution < -0.4 is 11.1 Å². The number of halogens is 4. The molecule has 0 spiro atoms. The van der Waals surface area contributed by atoms with Crippen LogP contribution in [0, 0.1) is 5.82 Å². The first kappa shape index (κ1) is 19.2. The Balaban J connectivity index is 2.08. The van der Waals surface area contributed by atoms with Gasteiger partial charge in [0.15, 0.2) is 0 Å². The summed E-state index contributed by atoms with van der Waals surface area (Å²) in [5.41, 5.74) is 4.71. The number of carbonyl (C=O) groups is 1. The van der Waals surface area contributed by atoms with Crippen molar-refractivity contribution in [2.24, 2.45) is 5.73 Å². The number of primary amides is 1. The average molecular weight is 391 g/mol. The quantitative estimate of drug-likeness (QED) is 0.521. The van der Waals surface area contributed by atoms with Gasteiger partial charge in [0.1, 0.15) is 18.0 Å². The van der Waals surface area contributed by atoms with E-state index in [0.717, 1.165) is 6.07 Å². The molecule has 0 atom stereocenters. The molecule has 0 bridgehead atoms. The van der Waals surface area contributed by atoms with Gasteiger partial charge >= 0.3 is 6.18 Å². The molecule has 2 heterocycles. The third-order valence-electron chi connectivity index (χ3n) is 3.89. The van der Waals surface area contributed by atoms with E-state index in [-0.39, 0.29) is 22.8 Å². The van der Waals surface area contributed by atoms with Crippen molar-refractivity contribution >= 4 is 33.9 Å². The molecule has 1 amide bonds. The van der Waals surface area contributed by atoms with Crippen LogP contribution >= 0.6 is 0 Å². The van der Waals surface area contributed by atoms with Gasteiger partial charge in [-0.25, -0.2) is 14.4 Å². The van der Waals surface area contributed by atoms with E-state index in [4.69, 9.17) is 5.73 Å². The molecule has 3 N–H and O–H groups in total. The van der Waals surface area contributed by atoms with Crippen molar-refractivity contribution in [2.75, 3.05) is 5.32 Å². The van der Waals surface area contributed by atoms with Gasteiger partial charge in [-0.2, -0.15) is 13.2 Å². The van der Waals surface area contributed by atoms with Crippen LogP contribution in [0.25, 0.3) is 16.5 Å². The van der Waals surface area contributed by atoms with Crippen LogP contribution in [0.2, 0.25) is 0 Å². The second kappa shape index (κ2) is 7.22. The third-order valence-corrected chi connectivity index (χ3v) is 3.89. The van der Waals surface area contributed by atoms with E-state index in [9.17, 15) is 22.4 Å². The fourth-order valence-corrected chi connectivity index (χ4v) is 2.58.